The highest BCUT2D eigenvalue weighted by atomic mass is 16.5. The minimum atomic E-state index is -1.01. The number of pyridine rings is 1. The van der Waals surface area contributed by atoms with E-state index in [0.29, 0.717) is 6.54 Å². The maximum absolute atomic E-state index is 12.0. The van der Waals surface area contributed by atoms with Gasteiger partial charge in [0.05, 0.1) is 5.54 Å². The van der Waals surface area contributed by atoms with Crippen molar-refractivity contribution in [3.05, 3.63) is 63.8 Å². The van der Waals surface area contributed by atoms with Crippen molar-refractivity contribution in [2.75, 3.05) is 7.05 Å². The number of aliphatic carboxylic acids is 1. The Bertz CT molecular complexity index is 1110. The van der Waals surface area contributed by atoms with Crippen LogP contribution < -0.4 is 11.2 Å². The van der Waals surface area contributed by atoms with Gasteiger partial charge in [-0.1, -0.05) is 50.6 Å². The summed E-state index contributed by atoms with van der Waals surface area (Å²) in [5.74, 6) is -0.754. The van der Waals surface area contributed by atoms with Gasteiger partial charge in [-0.15, -0.1) is 0 Å². The quantitative estimate of drug-likeness (QED) is 0.554. The molecular weight excluding hydrogens is 428 g/mol. The van der Waals surface area contributed by atoms with Crippen molar-refractivity contribution >= 4 is 5.97 Å². The predicted molar refractivity (Wildman–Crippen MR) is 135 cm³/mol. The molecule has 0 spiro atoms. The number of nitrogens with one attached hydrogen (secondary N) is 1. The van der Waals surface area contributed by atoms with Crippen molar-refractivity contribution in [2.24, 2.45) is 11.1 Å². The third-order valence-corrected chi connectivity index (χ3v) is 6.45. The Kier molecular flexibility index (Phi) is 7.10. The van der Waals surface area contributed by atoms with E-state index < -0.39 is 11.5 Å². The SMILES string of the molecule is Cc1ccc(-c2c(COC3=C(C(=O)O)C(C)(C)N(C)N3)c(C)nc(CC(C)(C)C)c2CN)cc1. The molecule has 4 N–H and O–H groups in total. The van der Waals surface area contributed by atoms with Gasteiger partial charge in [-0.3, -0.25) is 10.4 Å². The van der Waals surface area contributed by atoms with Crippen molar-refractivity contribution < 1.29 is 14.6 Å². The van der Waals surface area contributed by atoms with E-state index in [1.165, 1.54) is 5.56 Å². The first-order chi connectivity index (χ1) is 15.8. The maximum Gasteiger partial charge on any atom is 0.339 e. The lowest BCUT2D eigenvalue weighted by atomic mass is 9.85. The van der Waals surface area contributed by atoms with Gasteiger partial charge in [0.15, 0.2) is 0 Å². The van der Waals surface area contributed by atoms with Gasteiger partial charge in [-0.2, -0.15) is 0 Å². The van der Waals surface area contributed by atoms with Crippen LogP contribution in [0, 0.1) is 19.3 Å². The number of carboxylic acids is 1. The zero-order valence-electron chi connectivity index (χ0n) is 21.7. The number of hydrazine groups is 1. The monoisotopic (exact) mass is 466 g/mol. The number of ether oxygens (including phenoxy) is 1. The number of carboxylic acid groups (broad SMARTS) is 1. The number of hydrogen-bond donors (Lipinski definition) is 3. The van der Waals surface area contributed by atoms with Crippen LogP contribution in [0.5, 0.6) is 0 Å². The normalized spacial score (nSPS) is 16.0. The molecule has 1 aliphatic rings. The molecule has 0 unspecified atom stereocenters. The first kappa shape index (κ1) is 25.7. The Hall–Kier alpha value is -2.90. The van der Waals surface area contributed by atoms with Crippen LogP contribution in [0.25, 0.3) is 11.1 Å². The van der Waals surface area contributed by atoms with E-state index in [-0.39, 0.29) is 23.5 Å². The summed E-state index contributed by atoms with van der Waals surface area (Å²) in [6, 6.07) is 8.36. The Morgan fingerprint density at radius 2 is 1.79 bits per heavy atom. The van der Waals surface area contributed by atoms with E-state index in [2.05, 4.69) is 57.4 Å². The average Bonchev–Trinajstić information content (AvgIpc) is 2.94. The molecule has 3 rings (SSSR count). The van der Waals surface area contributed by atoms with Gasteiger partial charge in [0.1, 0.15) is 12.2 Å². The zero-order chi connectivity index (χ0) is 25.4. The number of carbonyl (C=O) groups is 1. The Morgan fingerprint density at radius 3 is 2.32 bits per heavy atom. The number of aryl methyl sites for hydroxylation is 2. The van der Waals surface area contributed by atoms with E-state index in [9.17, 15) is 9.90 Å². The molecule has 1 aromatic carbocycles. The lowest BCUT2D eigenvalue weighted by Crippen LogP contribution is -2.44. The van der Waals surface area contributed by atoms with E-state index in [0.717, 1.165) is 40.1 Å². The number of nitrogens with zero attached hydrogens (tertiary/aromatic N) is 2. The molecule has 0 amide bonds. The highest BCUT2D eigenvalue weighted by Crippen LogP contribution is 2.36. The fraction of sp³-hybridized carbons (Fsp3) is 0.481. The minimum absolute atomic E-state index is 0.0526. The molecule has 34 heavy (non-hydrogen) atoms. The van der Waals surface area contributed by atoms with Gasteiger partial charge in [-0.25, -0.2) is 9.80 Å². The third kappa shape index (κ3) is 5.10. The molecule has 1 aliphatic heterocycles. The second-order valence-electron chi connectivity index (χ2n) is 10.8. The molecule has 0 saturated carbocycles. The Labute approximate surface area is 203 Å². The number of benzene rings is 1. The number of rotatable bonds is 7. The average molecular weight is 467 g/mol. The van der Waals surface area contributed by atoms with Crippen molar-refractivity contribution in [3.63, 3.8) is 0 Å². The molecule has 2 aromatic rings. The molecule has 0 saturated heterocycles. The fourth-order valence-corrected chi connectivity index (χ4v) is 4.36. The second-order valence-corrected chi connectivity index (χ2v) is 10.8. The van der Waals surface area contributed by atoms with Crippen molar-refractivity contribution in [1.82, 2.24) is 15.4 Å². The summed E-state index contributed by atoms with van der Waals surface area (Å²) in [5.41, 5.74) is 15.9. The lowest BCUT2D eigenvalue weighted by Gasteiger charge is -2.27. The predicted octanol–water partition coefficient (Wildman–Crippen LogP) is 4.45. The number of nitrogens with two attached hydrogens (primary N) is 1. The first-order valence-corrected chi connectivity index (χ1v) is 11.7. The van der Waals surface area contributed by atoms with Gasteiger partial charge in [0, 0.05) is 30.5 Å². The van der Waals surface area contributed by atoms with Gasteiger partial charge in [-0.05, 0) is 56.2 Å². The van der Waals surface area contributed by atoms with E-state index in [4.69, 9.17) is 15.5 Å². The molecule has 2 heterocycles. The molecule has 0 fully saturated rings. The summed E-state index contributed by atoms with van der Waals surface area (Å²) in [7, 11) is 1.80. The smallest absolute Gasteiger partial charge is 0.339 e. The molecule has 0 atom stereocenters. The number of likely N-dealkylation sites (N-methyl/N-ethyl adjacent to an activating group) is 1. The topological polar surface area (TPSA) is 101 Å². The van der Waals surface area contributed by atoms with Crippen LogP contribution in [0.3, 0.4) is 0 Å². The van der Waals surface area contributed by atoms with Gasteiger partial charge >= 0.3 is 5.97 Å². The lowest BCUT2D eigenvalue weighted by molar-refractivity contribution is -0.133. The highest BCUT2D eigenvalue weighted by Gasteiger charge is 2.43. The molecule has 184 valence electrons. The molecule has 0 aliphatic carbocycles. The van der Waals surface area contributed by atoms with E-state index in [1.807, 2.05) is 20.8 Å². The summed E-state index contributed by atoms with van der Waals surface area (Å²) in [5, 5.41) is 11.6. The summed E-state index contributed by atoms with van der Waals surface area (Å²) in [6.45, 7) is 14.8. The summed E-state index contributed by atoms with van der Waals surface area (Å²) in [6.07, 6.45) is 0.801. The third-order valence-electron chi connectivity index (χ3n) is 6.45. The summed E-state index contributed by atoms with van der Waals surface area (Å²) >= 11 is 0. The van der Waals surface area contributed by atoms with Crippen molar-refractivity contribution in [1.29, 1.82) is 0 Å². The molecule has 7 heteroatoms. The minimum Gasteiger partial charge on any atom is -0.478 e. The van der Waals surface area contributed by atoms with Crippen molar-refractivity contribution in [3.8, 4) is 11.1 Å². The standard InChI is InChI=1S/C27H38N4O3/c1-16-9-11-18(12-10-16)22-19(14-28)21(13-26(3,4)5)29-17(2)20(22)15-34-24-23(25(32)33)27(6,7)31(8)30-24/h9-12,30H,13-15,28H2,1-8H3,(H,32,33). The van der Waals surface area contributed by atoms with Crippen molar-refractivity contribution in [2.45, 2.75) is 73.6 Å². The molecule has 0 radical (unpaired) electrons. The zero-order valence-corrected chi connectivity index (χ0v) is 21.7. The highest BCUT2D eigenvalue weighted by molar-refractivity contribution is 5.90. The fourth-order valence-electron chi connectivity index (χ4n) is 4.36. The molecular formula is C27H38N4O3. The van der Waals surface area contributed by atoms with Crippen LogP contribution in [0.2, 0.25) is 0 Å². The van der Waals surface area contributed by atoms with Crippen LogP contribution >= 0.6 is 0 Å². The van der Waals surface area contributed by atoms with Crippen LogP contribution in [0.15, 0.2) is 35.7 Å². The largest absolute Gasteiger partial charge is 0.478 e. The summed E-state index contributed by atoms with van der Waals surface area (Å²) < 4.78 is 6.14. The van der Waals surface area contributed by atoms with Gasteiger partial charge < -0.3 is 15.6 Å². The van der Waals surface area contributed by atoms with Crippen LogP contribution in [-0.2, 0) is 29.1 Å². The van der Waals surface area contributed by atoms with Crippen LogP contribution in [0.1, 0.15) is 62.7 Å². The molecule has 7 nitrogen and oxygen atoms in total. The van der Waals surface area contributed by atoms with Crippen LogP contribution in [0.4, 0.5) is 0 Å². The number of hydrogen-bond acceptors (Lipinski definition) is 6. The summed E-state index contributed by atoms with van der Waals surface area (Å²) in [4.78, 5) is 17.0. The maximum atomic E-state index is 12.0. The van der Waals surface area contributed by atoms with Crippen LogP contribution in [-0.4, -0.2) is 33.7 Å². The van der Waals surface area contributed by atoms with E-state index >= 15 is 0 Å². The van der Waals surface area contributed by atoms with Gasteiger partial charge in [0.25, 0.3) is 0 Å². The first-order valence-electron chi connectivity index (χ1n) is 11.7. The molecule has 0 bridgehead atoms. The Morgan fingerprint density at radius 1 is 1.18 bits per heavy atom. The second kappa shape index (κ2) is 9.39. The number of aromatic nitrogens is 1. The van der Waals surface area contributed by atoms with Gasteiger partial charge in [0.2, 0.25) is 5.88 Å². The van der Waals surface area contributed by atoms with E-state index in [1.54, 1.807) is 12.1 Å². The Balaban J connectivity index is 2.14. The molecule has 1 aromatic heterocycles.